The van der Waals surface area contributed by atoms with E-state index in [0.29, 0.717) is 23.6 Å². The topological polar surface area (TPSA) is 76.7 Å². The molecule has 0 bridgehead atoms. The lowest BCUT2D eigenvalue weighted by Gasteiger charge is -2.09. The largest absolute Gasteiger partial charge is 0.488 e. The zero-order chi connectivity index (χ0) is 19.1. The van der Waals surface area contributed by atoms with Crippen LogP contribution in [0.3, 0.4) is 0 Å². The molecule has 3 rings (SSSR count). The Labute approximate surface area is 166 Å². The van der Waals surface area contributed by atoms with Crippen molar-refractivity contribution in [3.63, 3.8) is 0 Å². The number of nitrogens with two attached hydrogens (primary N) is 1. The summed E-state index contributed by atoms with van der Waals surface area (Å²) in [6.07, 6.45) is 1.55. The summed E-state index contributed by atoms with van der Waals surface area (Å²) in [5.74, 6) is 0.315. The molecule has 0 saturated carbocycles. The van der Waals surface area contributed by atoms with Crippen LogP contribution >= 0.6 is 15.9 Å². The van der Waals surface area contributed by atoms with Gasteiger partial charge in [-0.3, -0.25) is 4.79 Å². The molecule has 3 aromatic carbocycles. The van der Waals surface area contributed by atoms with E-state index in [2.05, 4.69) is 26.5 Å². The number of nitrogens with one attached hydrogen (secondary N) is 1. The van der Waals surface area contributed by atoms with Crippen molar-refractivity contribution >= 4 is 33.7 Å². The van der Waals surface area contributed by atoms with Gasteiger partial charge in [-0.2, -0.15) is 5.10 Å². The number of anilines is 1. The van der Waals surface area contributed by atoms with E-state index < -0.39 is 0 Å². The first-order valence-corrected chi connectivity index (χ1v) is 9.07. The second-order valence-corrected chi connectivity index (χ2v) is 6.66. The molecule has 136 valence electrons. The molecule has 0 aliphatic carbocycles. The zero-order valence-electron chi connectivity index (χ0n) is 14.4. The second-order valence-electron chi connectivity index (χ2n) is 5.74. The van der Waals surface area contributed by atoms with Gasteiger partial charge >= 0.3 is 0 Å². The van der Waals surface area contributed by atoms with Crippen molar-refractivity contribution in [2.45, 2.75) is 6.61 Å². The fourth-order valence-corrected chi connectivity index (χ4v) is 2.65. The van der Waals surface area contributed by atoms with E-state index in [1.54, 1.807) is 30.5 Å². The van der Waals surface area contributed by atoms with Crippen LogP contribution in [0.1, 0.15) is 21.5 Å². The van der Waals surface area contributed by atoms with Crippen LogP contribution in [0.25, 0.3) is 0 Å². The number of benzene rings is 3. The Morgan fingerprint density at radius 2 is 1.74 bits per heavy atom. The third-order valence-corrected chi connectivity index (χ3v) is 4.33. The number of nitrogens with zero attached hydrogens (tertiary/aromatic N) is 1. The van der Waals surface area contributed by atoms with Gasteiger partial charge in [-0.25, -0.2) is 5.43 Å². The van der Waals surface area contributed by atoms with E-state index in [9.17, 15) is 4.79 Å². The summed E-state index contributed by atoms with van der Waals surface area (Å²) in [6.45, 7) is 0.436. The zero-order valence-corrected chi connectivity index (χ0v) is 16.0. The highest BCUT2D eigenvalue weighted by Crippen LogP contribution is 2.18. The van der Waals surface area contributed by atoms with Crippen molar-refractivity contribution in [2.75, 3.05) is 5.73 Å². The molecule has 3 N–H and O–H groups in total. The van der Waals surface area contributed by atoms with Gasteiger partial charge < -0.3 is 10.5 Å². The molecule has 5 nitrogen and oxygen atoms in total. The third kappa shape index (κ3) is 5.18. The maximum absolute atomic E-state index is 12.1. The number of rotatable bonds is 6. The smallest absolute Gasteiger partial charge is 0.273 e. The molecule has 0 radical (unpaired) electrons. The average molecular weight is 424 g/mol. The minimum atomic E-state index is -0.363. The molecule has 0 aliphatic rings. The Morgan fingerprint density at radius 1 is 1.04 bits per heavy atom. The first-order valence-electron chi connectivity index (χ1n) is 8.27. The molecule has 0 saturated heterocycles. The molecule has 0 unspecified atom stereocenters. The first kappa shape index (κ1) is 18.7. The minimum absolute atomic E-state index is 0.363. The molecule has 3 aromatic rings. The molecule has 27 heavy (non-hydrogen) atoms. The molecular weight excluding hydrogens is 406 g/mol. The summed E-state index contributed by atoms with van der Waals surface area (Å²) < 4.78 is 6.91. The first-order chi connectivity index (χ1) is 13.1. The van der Waals surface area contributed by atoms with Gasteiger partial charge in [0.1, 0.15) is 12.4 Å². The molecule has 6 heteroatoms. The van der Waals surface area contributed by atoms with E-state index in [1.807, 2.05) is 48.5 Å². The lowest BCUT2D eigenvalue weighted by Crippen LogP contribution is -2.19. The summed E-state index contributed by atoms with van der Waals surface area (Å²) >= 11 is 3.41. The van der Waals surface area contributed by atoms with Gasteiger partial charge in [0.2, 0.25) is 0 Å². The molecule has 0 aliphatic heterocycles. The van der Waals surface area contributed by atoms with Crippen LogP contribution in [0.5, 0.6) is 5.75 Å². The molecule has 0 atom stereocenters. The van der Waals surface area contributed by atoms with Crippen molar-refractivity contribution in [3.05, 3.63) is 94.0 Å². The maximum atomic E-state index is 12.1. The quantitative estimate of drug-likeness (QED) is 0.351. The molecule has 1 amide bonds. The number of hydrogen-bond acceptors (Lipinski definition) is 4. The van der Waals surface area contributed by atoms with E-state index in [0.717, 1.165) is 15.6 Å². The second kappa shape index (κ2) is 9.00. The number of nitrogen functional groups attached to an aromatic ring is 1. The molecule has 0 fully saturated rings. The minimum Gasteiger partial charge on any atom is -0.488 e. The highest BCUT2D eigenvalue weighted by molar-refractivity contribution is 9.10. The fourth-order valence-electron chi connectivity index (χ4n) is 2.38. The predicted molar refractivity (Wildman–Crippen MR) is 111 cm³/mol. The predicted octanol–water partition coefficient (Wildman–Crippen LogP) is 4.37. The van der Waals surface area contributed by atoms with Crippen LogP contribution in [-0.2, 0) is 6.61 Å². The Kier molecular flexibility index (Phi) is 6.22. The number of carbonyl (C=O) groups is 1. The van der Waals surface area contributed by atoms with Gasteiger partial charge in [-0.15, -0.1) is 0 Å². The highest BCUT2D eigenvalue weighted by Gasteiger charge is 2.07. The number of hydrogen-bond donors (Lipinski definition) is 2. The van der Waals surface area contributed by atoms with Gasteiger partial charge in [0.25, 0.3) is 5.91 Å². The monoisotopic (exact) mass is 423 g/mol. The SMILES string of the molecule is Nc1ccccc1C(=O)N/N=C/c1ccccc1OCc1ccc(Br)cc1. The van der Waals surface area contributed by atoms with Crippen molar-refractivity contribution in [1.82, 2.24) is 5.43 Å². The van der Waals surface area contributed by atoms with Crippen molar-refractivity contribution < 1.29 is 9.53 Å². The lowest BCUT2D eigenvalue weighted by molar-refractivity contribution is 0.0956. The van der Waals surface area contributed by atoms with E-state index in [4.69, 9.17) is 10.5 Å². The molecule has 0 aromatic heterocycles. The Balaban J connectivity index is 1.65. The summed E-state index contributed by atoms with van der Waals surface area (Å²) in [7, 11) is 0. The van der Waals surface area contributed by atoms with Crippen LogP contribution in [0.2, 0.25) is 0 Å². The van der Waals surface area contributed by atoms with Crippen LogP contribution in [0.4, 0.5) is 5.69 Å². The number of carbonyl (C=O) groups excluding carboxylic acids is 1. The standard InChI is InChI=1S/C21H18BrN3O2/c22-17-11-9-15(10-12-17)14-27-20-8-4-1-5-16(20)13-24-25-21(26)18-6-2-3-7-19(18)23/h1-13H,14,23H2,(H,25,26)/b24-13+. The van der Waals surface area contributed by atoms with Crippen molar-refractivity contribution in [2.24, 2.45) is 5.10 Å². The van der Waals surface area contributed by atoms with Gasteiger partial charge in [-0.1, -0.05) is 52.3 Å². The Morgan fingerprint density at radius 3 is 2.52 bits per heavy atom. The number of para-hydroxylation sites is 2. The van der Waals surface area contributed by atoms with E-state index in [-0.39, 0.29) is 5.91 Å². The van der Waals surface area contributed by atoms with Crippen LogP contribution in [0, 0.1) is 0 Å². The average Bonchev–Trinajstić information content (AvgIpc) is 2.68. The van der Waals surface area contributed by atoms with E-state index >= 15 is 0 Å². The van der Waals surface area contributed by atoms with Gasteiger partial charge in [0, 0.05) is 15.7 Å². The highest BCUT2D eigenvalue weighted by atomic mass is 79.9. The van der Waals surface area contributed by atoms with Gasteiger partial charge in [0.05, 0.1) is 11.8 Å². The van der Waals surface area contributed by atoms with Gasteiger partial charge in [0.15, 0.2) is 0 Å². The van der Waals surface area contributed by atoms with Crippen molar-refractivity contribution in [3.8, 4) is 5.75 Å². The van der Waals surface area contributed by atoms with Crippen LogP contribution in [-0.4, -0.2) is 12.1 Å². The summed E-state index contributed by atoms with van der Waals surface area (Å²) in [5.41, 5.74) is 10.9. The summed E-state index contributed by atoms with van der Waals surface area (Å²) in [6, 6.07) is 22.3. The summed E-state index contributed by atoms with van der Waals surface area (Å²) in [4.78, 5) is 12.1. The number of hydrazone groups is 1. The van der Waals surface area contributed by atoms with Crippen LogP contribution in [0.15, 0.2) is 82.4 Å². The fraction of sp³-hybridized carbons (Fsp3) is 0.0476. The summed E-state index contributed by atoms with van der Waals surface area (Å²) in [5, 5.41) is 4.02. The lowest BCUT2D eigenvalue weighted by atomic mass is 10.2. The Bertz CT molecular complexity index is 956. The number of halogens is 1. The number of amides is 1. The molecule has 0 heterocycles. The molecule has 0 spiro atoms. The van der Waals surface area contributed by atoms with E-state index in [1.165, 1.54) is 0 Å². The maximum Gasteiger partial charge on any atom is 0.273 e. The molecular formula is C21H18BrN3O2. The third-order valence-electron chi connectivity index (χ3n) is 3.80. The number of ether oxygens (including phenoxy) is 1. The normalized spacial score (nSPS) is 10.7. The van der Waals surface area contributed by atoms with Crippen molar-refractivity contribution in [1.29, 1.82) is 0 Å². The van der Waals surface area contributed by atoms with Gasteiger partial charge in [-0.05, 0) is 42.0 Å². The Hall–Kier alpha value is -3.12. The van der Waals surface area contributed by atoms with Crippen LogP contribution < -0.4 is 15.9 Å².